The lowest BCUT2D eigenvalue weighted by molar-refractivity contribution is -0.117. The number of rotatable bonds is 4. The Labute approximate surface area is 135 Å². The van der Waals surface area contributed by atoms with Crippen molar-refractivity contribution in [1.82, 2.24) is 0 Å². The first-order valence-corrected chi connectivity index (χ1v) is 7.76. The Morgan fingerprint density at radius 2 is 2.00 bits per heavy atom. The lowest BCUT2D eigenvalue weighted by Gasteiger charge is -2.24. The Balaban J connectivity index is 2.55. The number of hydrogen-bond acceptors (Lipinski definition) is 2. The van der Waals surface area contributed by atoms with E-state index in [9.17, 15) is 9.90 Å². The van der Waals surface area contributed by atoms with Gasteiger partial charge in [0.1, 0.15) is 5.75 Å². The zero-order chi connectivity index (χ0) is 16.3. The van der Waals surface area contributed by atoms with E-state index in [4.69, 9.17) is 11.6 Å². The summed E-state index contributed by atoms with van der Waals surface area (Å²) < 4.78 is 0. The lowest BCUT2D eigenvalue weighted by Crippen LogP contribution is -2.21. The zero-order valence-corrected chi connectivity index (χ0v) is 13.8. The van der Waals surface area contributed by atoms with Gasteiger partial charge < -0.3 is 5.11 Å². The van der Waals surface area contributed by atoms with E-state index >= 15 is 0 Å². The first-order chi connectivity index (χ1) is 10.4. The number of carbonyl (C=O) groups excluding carboxylic acids is 1. The first-order valence-electron chi connectivity index (χ1n) is 7.22. The average Bonchev–Trinajstić information content (AvgIpc) is 2.45. The number of carbonyl (C=O) groups is 1. The molecule has 0 radical (unpaired) electrons. The number of amides is 1. The molecule has 0 aliphatic carbocycles. The fourth-order valence-corrected chi connectivity index (χ4v) is 2.91. The van der Waals surface area contributed by atoms with E-state index in [1.54, 1.807) is 12.3 Å². The van der Waals surface area contributed by atoms with E-state index in [2.05, 4.69) is 4.99 Å². The van der Waals surface area contributed by atoms with E-state index in [0.29, 0.717) is 0 Å². The van der Waals surface area contributed by atoms with Crippen LogP contribution in [0.25, 0.3) is 10.8 Å². The van der Waals surface area contributed by atoms with Gasteiger partial charge in [-0.05, 0) is 29.5 Å². The highest BCUT2D eigenvalue weighted by atomic mass is 35.5. The minimum atomic E-state index is -0.431. The number of benzene rings is 2. The highest BCUT2D eigenvalue weighted by Crippen LogP contribution is 2.35. The highest BCUT2D eigenvalue weighted by Gasteiger charge is 2.23. The number of phenolic OH excluding ortho intramolecular Hbond substituents is 1. The molecule has 2 rings (SSSR count). The van der Waals surface area contributed by atoms with Crippen molar-refractivity contribution in [3.63, 3.8) is 0 Å². The quantitative estimate of drug-likeness (QED) is 0.673. The van der Waals surface area contributed by atoms with Crippen molar-refractivity contribution >= 4 is 34.5 Å². The van der Waals surface area contributed by atoms with Crippen LogP contribution in [0.5, 0.6) is 5.75 Å². The van der Waals surface area contributed by atoms with Crippen molar-refractivity contribution in [3.8, 4) is 5.75 Å². The molecule has 0 bridgehead atoms. The maximum Gasteiger partial charge on any atom is 0.246 e. The van der Waals surface area contributed by atoms with Crippen LogP contribution in [0.4, 0.5) is 0 Å². The fraction of sp³-hybridized carbons (Fsp3) is 0.333. The third-order valence-electron chi connectivity index (χ3n) is 3.73. The number of phenols is 1. The molecule has 0 aliphatic heterocycles. The van der Waals surface area contributed by atoms with Crippen molar-refractivity contribution < 1.29 is 9.90 Å². The Hall–Kier alpha value is -1.87. The predicted octanol–water partition coefficient (Wildman–Crippen LogP) is 4.36. The molecule has 0 aromatic heterocycles. The standard InChI is InChI=1S/C18H20ClNO2/c1-12-7-8-13-14(5-4-6-15(13)21)17(12)18(2,3)11-20-16(22)9-10-19/h4-8,11,21H,9-10H2,1-3H3. The maximum atomic E-state index is 11.6. The molecular formula is C18H20ClNO2. The van der Waals surface area contributed by atoms with Gasteiger partial charge in [-0.2, -0.15) is 0 Å². The number of aliphatic imine (C=N–C) groups is 1. The maximum absolute atomic E-state index is 11.6. The molecule has 22 heavy (non-hydrogen) atoms. The summed E-state index contributed by atoms with van der Waals surface area (Å²) in [5, 5.41) is 11.8. The second-order valence-corrected chi connectivity index (χ2v) is 6.32. The summed E-state index contributed by atoms with van der Waals surface area (Å²) in [6.45, 7) is 6.04. The van der Waals surface area contributed by atoms with Crippen molar-refractivity contribution in [2.24, 2.45) is 4.99 Å². The fourth-order valence-electron chi connectivity index (χ4n) is 2.75. The molecule has 4 heteroatoms. The molecule has 0 unspecified atom stereocenters. The van der Waals surface area contributed by atoms with Crippen molar-refractivity contribution in [3.05, 3.63) is 41.5 Å². The second kappa shape index (κ2) is 6.49. The van der Waals surface area contributed by atoms with Crippen molar-refractivity contribution in [1.29, 1.82) is 0 Å². The normalized spacial score (nSPS) is 12.2. The van der Waals surface area contributed by atoms with Crippen LogP contribution in [0.15, 0.2) is 35.3 Å². The van der Waals surface area contributed by atoms with Crippen LogP contribution in [0, 0.1) is 6.92 Å². The Morgan fingerprint density at radius 3 is 2.68 bits per heavy atom. The summed E-state index contributed by atoms with van der Waals surface area (Å²) in [5.41, 5.74) is 1.72. The number of alkyl halides is 1. The minimum Gasteiger partial charge on any atom is -0.507 e. The van der Waals surface area contributed by atoms with Crippen LogP contribution >= 0.6 is 11.6 Å². The molecule has 0 saturated heterocycles. The number of hydrogen-bond donors (Lipinski definition) is 1. The summed E-state index contributed by atoms with van der Waals surface area (Å²) in [4.78, 5) is 15.6. The molecule has 2 aromatic rings. The third kappa shape index (κ3) is 3.30. The smallest absolute Gasteiger partial charge is 0.246 e. The topological polar surface area (TPSA) is 49.7 Å². The highest BCUT2D eigenvalue weighted by molar-refractivity contribution is 6.19. The SMILES string of the molecule is Cc1ccc2c(O)cccc2c1C(C)(C)C=NC(=O)CCCl. The summed E-state index contributed by atoms with van der Waals surface area (Å²) in [7, 11) is 0. The van der Waals surface area contributed by atoms with Crippen LogP contribution in [0.3, 0.4) is 0 Å². The minimum absolute atomic E-state index is 0.219. The molecule has 0 spiro atoms. The van der Waals surface area contributed by atoms with E-state index in [-0.39, 0.29) is 24.0 Å². The van der Waals surface area contributed by atoms with Gasteiger partial charge >= 0.3 is 0 Å². The number of aryl methyl sites for hydroxylation is 1. The molecule has 2 aromatic carbocycles. The van der Waals surface area contributed by atoms with Crippen molar-refractivity contribution in [2.75, 3.05) is 5.88 Å². The van der Waals surface area contributed by atoms with Gasteiger partial charge in [-0.1, -0.05) is 38.1 Å². The van der Waals surface area contributed by atoms with Crippen LogP contribution in [-0.4, -0.2) is 23.1 Å². The summed E-state index contributed by atoms with van der Waals surface area (Å²) in [5.74, 6) is 0.311. The largest absolute Gasteiger partial charge is 0.507 e. The van der Waals surface area contributed by atoms with Gasteiger partial charge in [0.2, 0.25) is 5.91 Å². The molecule has 0 fully saturated rings. The molecule has 3 nitrogen and oxygen atoms in total. The summed E-state index contributed by atoms with van der Waals surface area (Å²) in [6, 6.07) is 9.37. The van der Waals surface area contributed by atoms with Crippen LogP contribution < -0.4 is 0 Å². The van der Waals surface area contributed by atoms with Gasteiger partial charge in [-0.15, -0.1) is 11.6 Å². The van der Waals surface area contributed by atoms with E-state index in [0.717, 1.165) is 21.9 Å². The van der Waals surface area contributed by atoms with Crippen LogP contribution in [-0.2, 0) is 10.2 Å². The van der Waals surface area contributed by atoms with E-state index < -0.39 is 5.41 Å². The molecule has 1 N–H and O–H groups in total. The number of fused-ring (bicyclic) bond motifs is 1. The number of aromatic hydroxyl groups is 1. The lowest BCUT2D eigenvalue weighted by atomic mass is 9.80. The Bertz CT molecular complexity index is 735. The molecule has 0 heterocycles. The van der Waals surface area contributed by atoms with Gasteiger partial charge in [0, 0.05) is 29.3 Å². The third-order valence-corrected chi connectivity index (χ3v) is 3.92. The molecule has 0 saturated carbocycles. The second-order valence-electron chi connectivity index (χ2n) is 5.94. The molecule has 1 amide bonds. The van der Waals surface area contributed by atoms with Gasteiger partial charge in [0.15, 0.2) is 0 Å². The molecular weight excluding hydrogens is 298 g/mol. The number of halogens is 1. The zero-order valence-electron chi connectivity index (χ0n) is 13.1. The molecule has 0 aliphatic rings. The van der Waals surface area contributed by atoms with Gasteiger partial charge in [0.05, 0.1) is 0 Å². The average molecular weight is 318 g/mol. The van der Waals surface area contributed by atoms with E-state index in [1.807, 2.05) is 45.0 Å². The summed E-state index contributed by atoms with van der Waals surface area (Å²) in [6.07, 6.45) is 1.91. The van der Waals surface area contributed by atoms with Gasteiger partial charge in [0.25, 0.3) is 0 Å². The predicted molar refractivity (Wildman–Crippen MR) is 92.2 cm³/mol. The molecule has 0 atom stereocenters. The monoisotopic (exact) mass is 317 g/mol. The Kier molecular flexibility index (Phi) is 4.87. The van der Waals surface area contributed by atoms with E-state index in [1.165, 1.54) is 0 Å². The summed E-state index contributed by atoms with van der Waals surface area (Å²) >= 11 is 5.56. The van der Waals surface area contributed by atoms with Gasteiger partial charge in [-0.3, -0.25) is 4.79 Å². The molecule has 116 valence electrons. The van der Waals surface area contributed by atoms with Crippen LogP contribution in [0.1, 0.15) is 31.4 Å². The van der Waals surface area contributed by atoms with Crippen molar-refractivity contribution in [2.45, 2.75) is 32.6 Å². The Morgan fingerprint density at radius 1 is 1.27 bits per heavy atom. The van der Waals surface area contributed by atoms with Gasteiger partial charge in [-0.25, -0.2) is 4.99 Å². The number of nitrogens with zero attached hydrogens (tertiary/aromatic N) is 1. The van der Waals surface area contributed by atoms with Crippen LogP contribution in [0.2, 0.25) is 0 Å². The first kappa shape index (κ1) is 16.5.